The number of hydrogen-bond acceptors (Lipinski definition) is 6. The summed E-state index contributed by atoms with van der Waals surface area (Å²) in [6, 6.07) is 1.86. The lowest BCUT2D eigenvalue weighted by atomic mass is 9.95. The topological polar surface area (TPSA) is 69.7 Å². The van der Waals surface area contributed by atoms with E-state index >= 15 is 0 Å². The number of halogens is 1. The number of carbonyl (C=O) groups is 1. The summed E-state index contributed by atoms with van der Waals surface area (Å²) in [6.45, 7) is 2.13. The molecule has 1 aromatic rings. The van der Waals surface area contributed by atoms with Crippen molar-refractivity contribution in [1.29, 1.82) is 0 Å². The van der Waals surface area contributed by atoms with Gasteiger partial charge in [0, 0.05) is 35.5 Å². The number of carbonyl (C=O) groups excluding carboxylic acids is 1. The van der Waals surface area contributed by atoms with E-state index in [9.17, 15) is 4.79 Å². The molecule has 1 fully saturated rings. The summed E-state index contributed by atoms with van der Waals surface area (Å²) in [5, 5.41) is 3.26. The Bertz CT molecular complexity index is 461. The van der Waals surface area contributed by atoms with E-state index in [2.05, 4.69) is 31.0 Å². The third kappa shape index (κ3) is 3.54. The number of hydrogen-bond donors (Lipinski definition) is 1. The number of nitrogens with one attached hydrogen (secondary N) is 1. The number of aromatic nitrogens is 1. The molecule has 110 valence electrons. The third-order valence-electron chi connectivity index (χ3n) is 3.13. The van der Waals surface area contributed by atoms with E-state index in [1.165, 1.54) is 7.11 Å². The molecule has 0 amide bonds. The van der Waals surface area contributed by atoms with Gasteiger partial charge >= 0.3 is 5.97 Å². The van der Waals surface area contributed by atoms with Gasteiger partial charge in [-0.1, -0.05) is 0 Å². The van der Waals surface area contributed by atoms with Crippen LogP contribution < -0.4 is 5.32 Å². The van der Waals surface area contributed by atoms with Crippen molar-refractivity contribution in [2.75, 3.05) is 40.0 Å². The van der Waals surface area contributed by atoms with Gasteiger partial charge in [-0.2, -0.15) is 0 Å². The molecule has 1 N–H and O–H groups in total. The van der Waals surface area contributed by atoms with Crippen LogP contribution in [-0.2, 0) is 24.6 Å². The first-order valence-corrected chi connectivity index (χ1v) is 7.06. The summed E-state index contributed by atoms with van der Waals surface area (Å²) in [5.74, 6) is -0.418. The molecule has 0 aliphatic carbocycles. The summed E-state index contributed by atoms with van der Waals surface area (Å²) < 4.78 is 16.9. The highest BCUT2D eigenvalue weighted by Gasteiger charge is 2.37. The van der Waals surface area contributed by atoms with Gasteiger partial charge in [-0.25, -0.2) is 4.79 Å². The fourth-order valence-corrected chi connectivity index (χ4v) is 2.68. The second-order valence-electron chi connectivity index (χ2n) is 4.44. The molecule has 20 heavy (non-hydrogen) atoms. The fourth-order valence-electron chi connectivity index (χ4n) is 2.07. The van der Waals surface area contributed by atoms with Gasteiger partial charge in [0.2, 0.25) is 0 Å². The minimum absolute atomic E-state index is 0.129. The van der Waals surface area contributed by atoms with Crippen molar-refractivity contribution < 1.29 is 19.0 Å². The fraction of sp³-hybridized carbons (Fsp3) is 0.538. The number of esters is 1. The van der Waals surface area contributed by atoms with E-state index in [1.807, 2.05) is 6.07 Å². The molecule has 6 nitrogen and oxygen atoms in total. The summed E-state index contributed by atoms with van der Waals surface area (Å²) in [6.07, 6.45) is 3.39. The van der Waals surface area contributed by atoms with Crippen molar-refractivity contribution in [3.05, 3.63) is 28.5 Å². The predicted octanol–water partition coefficient (Wildman–Crippen LogP) is 0.849. The minimum atomic E-state index is -0.744. The highest BCUT2D eigenvalue weighted by atomic mass is 79.9. The largest absolute Gasteiger partial charge is 0.467 e. The lowest BCUT2D eigenvalue weighted by Crippen LogP contribution is -2.44. The number of methoxy groups -OCH3 is 1. The zero-order valence-corrected chi connectivity index (χ0v) is 12.8. The van der Waals surface area contributed by atoms with E-state index in [4.69, 9.17) is 9.47 Å². The van der Waals surface area contributed by atoms with Crippen LogP contribution in [0.4, 0.5) is 0 Å². The minimum Gasteiger partial charge on any atom is -0.467 e. The molecule has 2 heterocycles. The van der Waals surface area contributed by atoms with Gasteiger partial charge in [-0.3, -0.25) is 4.98 Å². The Kier molecular flexibility index (Phi) is 5.47. The van der Waals surface area contributed by atoms with Crippen molar-refractivity contribution in [1.82, 2.24) is 10.3 Å². The van der Waals surface area contributed by atoms with E-state index in [0.29, 0.717) is 19.8 Å². The number of rotatable bonds is 4. The van der Waals surface area contributed by atoms with Crippen LogP contribution in [0, 0.1) is 0 Å². The Hall–Kier alpha value is -1.02. The van der Waals surface area contributed by atoms with Crippen molar-refractivity contribution >= 4 is 21.9 Å². The summed E-state index contributed by atoms with van der Waals surface area (Å²) >= 11 is 3.47. The zero-order chi connectivity index (χ0) is 14.4. The quantitative estimate of drug-likeness (QED) is 0.816. The normalized spacial score (nSPS) is 23.1. The SMILES string of the molecule is COC(=O)COC1(c2ccncc2Br)CNCCOC1. The summed E-state index contributed by atoms with van der Waals surface area (Å²) in [7, 11) is 1.34. The van der Waals surface area contributed by atoms with Crippen LogP contribution in [0.3, 0.4) is 0 Å². The van der Waals surface area contributed by atoms with Gasteiger partial charge in [0.05, 0.1) is 20.3 Å². The van der Waals surface area contributed by atoms with Gasteiger partial charge in [0.1, 0.15) is 12.2 Å². The molecule has 0 spiro atoms. The van der Waals surface area contributed by atoms with E-state index in [1.54, 1.807) is 12.4 Å². The predicted molar refractivity (Wildman–Crippen MR) is 75.3 cm³/mol. The molecule has 0 bridgehead atoms. The lowest BCUT2D eigenvalue weighted by molar-refractivity contribution is -0.157. The maximum Gasteiger partial charge on any atom is 0.331 e. The molecule has 0 aromatic carbocycles. The molecular weight excluding hydrogens is 328 g/mol. The zero-order valence-electron chi connectivity index (χ0n) is 11.2. The molecule has 1 saturated heterocycles. The van der Waals surface area contributed by atoms with Crippen LogP contribution in [0.2, 0.25) is 0 Å². The van der Waals surface area contributed by atoms with Gasteiger partial charge in [-0.15, -0.1) is 0 Å². The Morgan fingerprint density at radius 3 is 3.25 bits per heavy atom. The third-order valence-corrected chi connectivity index (χ3v) is 3.76. The number of pyridine rings is 1. The second-order valence-corrected chi connectivity index (χ2v) is 5.30. The number of nitrogens with zero attached hydrogens (tertiary/aromatic N) is 1. The summed E-state index contributed by atoms with van der Waals surface area (Å²) in [5.41, 5.74) is 0.151. The molecule has 1 atom stereocenters. The molecule has 0 radical (unpaired) electrons. The molecular formula is C13H17BrN2O4. The Balaban J connectivity index is 2.27. The Morgan fingerprint density at radius 1 is 1.65 bits per heavy atom. The first-order valence-electron chi connectivity index (χ1n) is 6.27. The van der Waals surface area contributed by atoms with Crippen molar-refractivity contribution in [2.45, 2.75) is 5.60 Å². The Labute approximate surface area is 125 Å². The van der Waals surface area contributed by atoms with Gasteiger partial charge in [0.25, 0.3) is 0 Å². The van der Waals surface area contributed by atoms with Crippen molar-refractivity contribution in [2.24, 2.45) is 0 Å². The van der Waals surface area contributed by atoms with E-state index in [0.717, 1.165) is 16.6 Å². The average molecular weight is 345 g/mol. The maximum atomic E-state index is 11.4. The first kappa shape index (κ1) is 15.4. The number of ether oxygens (including phenoxy) is 3. The molecule has 1 aromatic heterocycles. The lowest BCUT2D eigenvalue weighted by Gasteiger charge is -2.32. The van der Waals surface area contributed by atoms with E-state index < -0.39 is 11.6 Å². The van der Waals surface area contributed by atoms with Gasteiger partial charge in [-0.05, 0) is 22.0 Å². The molecule has 0 saturated carbocycles. The van der Waals surface area contributed by atoms with E-state index in [-0.39, 0.29) is 6.61 Å². The molecule has 2 rings (SSSR count). The molecule has 1 unspecified atom stereocenters. The molecule has 1 aliphatic rings. The summed E-state index contributed by atoms with van der Waals surface area (Å²) in [4.78, 5) is 15.4. The van der Waals surface area contributed by atoms with Gasteiger partial charge in [0.15, 0.2) is 0 Å². The first-order chi connectivity index (χ1) is 9.68. The highest BCUT2D eigenvalue weighted by molar-refractivity contribution is 9.10. The van der Waals surface area contributed by atoms with Crippen LogP contribution in [0.15, 0.2) is 22.9 Å². The van der Waals surface area contributed by atoms with Crippen LogP contribution in [-0.4, -0.2) is 51.0 Å². The maximum absolute atomic E-state index is 11.4. The van der Waals surface area contributed by atoms with Crippen LogP contribution in [0.25, 0.3) is 0 Å². The highest BCUT2D eigenvalue weighted by Crippen LogP contribution is 2.32. The Morgan fingerprint density at radius 2 is 2.50 bits per heavy atom. The van der Waals surface area contributed by atoms with Crippen molar-refractivity contribution in [3.8, 4) is 0 Å². The van der Waals surface area contributed by atoms with Crippen LogP contribution >= 0.6 is 15.9 Å². The standard InChI is InChI=1S/C13H17BrN2O4/c1-18-12(17)7-20-13(8-16-4-5-19-9-13)10-2-3-15-6-11(10)14/h2-3,6,16H,4-5,7-9H2,1H3. The molecule has 7 heteroatoms. The van der Waals surface area contributed by atoms with Crippen LogP contribution in [0.1, 0.15) is 5.56 Å². The average Bonchev–Trinajstić information content (AvgIpc) is 2.71. The molecule has 1 aliphatic heterocycles. The van der Waals surface area contributed by atoms with Crippen molar-refractivity contribution in [3.63, 3.8) is 0 Å². The monoisotopic (exact) mass is 344 g/mol. The smallest absolute Gasteiger partial charge is 0.331 e. The second kappa shape index (κ2) is 7.12. The van der Waals surface area contributed by atoms with Gasteiger partial charge < -0.3 is 19.5 Å². The van der Waals surface area contributed by atoms with Crippen LogP contribution in [0.5, 0.6) is 0 Å².